The second-order valence-electron chi connectivity index (χ2n) is 3.59. The van der Waals surface area contributed by atoms with Crippen LogP contribution in [-0.2, 0) is 0 Å². The predicted molar refractivity (Wildman–Crippen MR) is 37.4 cm³/mol. The smallest absolute Gasteiger partial charge is 0.0927 e. The average molecular weight is 144 g/mol. The summed E-state index contributed by atoms with van der Waals surface area (Å²) in [6, 6.07) is 0. The summed E-state index contributed by atoms with van der Waals surface area (Å²) in [6.45, 7) is 1.62. The van der Waals surface area contributed by atoms with Gasteiger partial charge in [0, 0.05) is 18.6 Å². The highest BCUT2D eigenvalue weighted by atomic mass is 19.1. The fraction of sp³-hybridized carbons (Fsp3) is 1.00. The van der Waals surface area contributed by atoms with E-state index in [0.717, 1.165) is 19.5 Å². The molecule has 2 fully saturated rings. The molecule has 58 valence electrons. The molecule has 0 amide bonds. The van der Waals surface area contributed by atoms with Crippen molar-refractivity contribution in [3.63, 3.8) is 0 Å². The molecule has 0 spiro atoms. The van der Waals surface area contributed by atoms with Crippen molar-refractivity contribution in [3.05, 3.63) is 0 Å². The Bertz CT molecular complexity index is 151. The van der Waals surface area contributed by atoms with Crippen LogP contribution in [0.4, 0.5) is 4.39 Å². The van der Waals surface area contributed by atoms with E-state index in [0.29, 0.717) is 5.92 Å². The summed E-state index contributed by atoms with van der Waals surface area (Å²) in [5, 5.41) is 3.20. The van der Waals surface area contributed by atoms with Crippen LogP contribution < -0.4 is 11.1 Å². The summed E-state index contributed by atoms with van der Waals surface area (Å²) in [5.41, 5.74) is 5.90. The molecule has 10 heavy (non-hydrogen) atoms. The van der Waals surface area contributed by atoms with E-state index in [1.165, 1.54) is 0 Å². The maximum Gasteiger partial charge on any atom is 0.0927 e. The van der Waals surface area contributed by atoms with Crippen molar-refractivity contribution in [2.24, 2.45) is 17.6 Å². The van der Waals surface area contributed by atoms with E-state index in [-0.39, 0.29) is 18.1 Å². The highest BCUT2D eigenvalue weighted by molar-refractivity contribution is 5.11. The Labute approximate surface area is 60.0 Å². The molecular weight excluding hydrogens is 131 g/mol. The van der Waals surface area contributed by atoms with E-state index in [1.54, 1.807) is 0 Å². The average Bonchev–Trinajstić information content (AvgIpc) is 2.16. The normalized spacial score (nSPS) is 52.2. The maximum absolute atomic E-state index is 12.2. The third-order valence-corrected chi connectivity index (χ3v) is 2.97. The SMILES string of the molecule is N[C@]12CNC[C@H]1[C@@H](CF)C2. The first-order chi connectivity index (χ1) is 4.76. The summed E-state index contributed by atoms with van der Waals surface area (Å²) >= 11 is 0. The number of hydrogen-bond donors (Lipinski definition) is 2. The van der Waals surface area contributed by atoms with Gasteiger partial charge in [-0.3, -0.25) is 4.39 Å². The standard InChI is InChI=1S/C7H13FN2/c8-2-5-1-7(9)4-10-3-6(5)7/h5-6,10H,1-4,9H2/t5-,6+,7-/m1/s1. The van der Waals surface area contributed by atoms with Crippen molar-refractivity contribution in [2.75, 3.05) is 19.8 Å². The zero-order valence-electron chi connectivity index (χ0n) is 5.94. The summed E-state index contributed by atoms with van der Waals surface area (Å²) < 4.78 is 12.2. The number of nitrogens with two attached hydrogens (primary N) is 1. The van der Waals surface area contributed by atoms with Crippen molar-refractivity contribution < 1.29 is 4.39 Å². The van der Waals surface area contributed by atoms with E-state index in [4.69, 9.17) is 5.73 Å². The topological polar surface area (TPSA) is 38.0 Å². The summed E-state index contributed by atoms with van der Waals surface area (Å²) in [5.74, 6) is 0.664. The van der Waals surface area contributed by atoms with E-state index in [2.05, 4.69) is 5.32 Å². The van der Waals surface area contributed by atoms with Gasteiger partial charge in [0.1, 0.15) is 0 Å². The molecule has 0 unspecified atom stereocenters. The number of fused-ring (bicyclic) bond motifs is 1. The molecule has 3 N–H and O–H groups in total. The Morgan fingerprint density at radius 1 is 1.70 bits per heavy atom. The molecule has 3 atom stereocenters. The van der Waals surface area contributed by atoms with Crippen LogP contribution >= 0.6 is 0 Å². The largest absolute Gasteiger partial charge is 0.324 e. The molecule has 0 bridgehead atoms. The first-order valence-electron chi connectivity index (χ1n) is 3.82. The van der Waals surface area contributed by atoms with Gasteiger partial charge in [-0.25, -0.2) is 0 Å². The minimum absolute atomic E-state index is 0.0449. The van der Waals surface area contributed by atoms with Crippen molar-refractivity contribution in [1.29, 1.82) is 0 Å². The second kappa shape index (κ2) is 1.92. The van der Waals surface area contributed by atoms with E-state index in [1.807, 2.05) is 0 Å². The number of hydrogen-bond acceptors (Lipinski definition) is 2. The number of alkyl halides is 1. The van der Waals surface area contributed by atoms with Crippen LogP contribution in [0.2, 0.25) is 0 Å². The molecule has 1 heterocycles. The molecule has 0 radical (unpaired) electrons. The van der Waals surface area contributed by atoms with E-state index in [9.17, 15) is 4.39 Å². The van der Waals surface area contributed by atoms with Gasteiger partial charge >= 0.3 is 0 Å². The van der Waals surface area contributed by atoms with E-state index >= 15 is 0 Å². The Hall–Kier alpha value is -0.150. The van der Waals surface area contributed by atoms with Crippen LogP contribution in [0, 0.1) is 11.8 Å². The lowest BCUT2D eigenvalue weighted by Gasteiger charge is -2.47. The minimum atomic E-state index is -0.189. The van der Waals surface area contributed by atoms with Gasteiger partial charge in [-0.05, 0) is 18.3 Å². The van der Waals surface area contributed by atoms with Gasteiger partial charge in [-0.1, -0.05) is 0 Å². The van der Waals surface area contributed by atoms with Crippen LogP contribution in [0.3, 0.4) is 0 Å². The van der Waals surface area contributed by atoms with Gasteiger partial charge < -0.3 is 11.1 Å². The lowest BCUT2D eigenvalue weighted by molar-refractivity contribution is 0.0629. The lowest BCUT2D eigenvalue weighted by Crippen LogP contribution is -2.60. The summed E-state index contributed by atoms with van der Waals surface area (Å²) in [6.07, 6.45) is 0.876. The van der Waals surface area contributed by atoms with Crippen LogP contribution in [0.1, 0.15) is 6.42 Å². The number of nitrogens with one attached hydrogen (secondary N) is 1. The Morgan fingerprint density at radius 3 is 3.10 bits per heavy atom. The molecule has 0 aromatic heterocycles. The number of halogens is 1. The fourth-order valence-electron chi connectivity index (χ4n) is 2.29. The van der Waals surface area contributed by atoms with Crippen molar-refractivity contribution in [3.8, 4) is 0 Å². The quantitative estimate of drug-likeness (QED) is 0.539. The van der Waals surface area contributed by atoms with Crippen LogP contribution in [0.15, 0.2) is 0 Å². The molecule has 2 nitrogen and oxygen atoms in total. The Kier molecular flexibility index (Phi) is 1.26. The molecular formula is C7H13FN2. The van der Waals surface area contributed by atoms with Crippen LogP contribution in [0.25, 0.3) is 0 Å². The molecule has 1 aliphatic carbocycles. The van der Waals surface area contributed by atoms with Crippen molar-refractivity contribution in [2.45, 2.75) is 12.0 Å². The highest BCUT2D eigenvalue weighted by Crippen LogP contribution is 2.44. The second-order valence-corrected chi connectivity index (χ2v) is 3.59. The molecule has 0 aromatic rings. The summed E-state index contributed by atoms with van der Waals surface area (Å²) in [7, 11) is 0. The Morgan fingerprint density at radius 2 is 2.50 bits per heavy atom. The van der Waals surface area contributed by atoms with Crippen LogP contribution in [-0.4, -0.2) is 25.3 Å². The molecule has 1 aliphatic heterocycles. The Balaban J connectivity index is 2.04. The summed E-state index contributed by atoms with van der Waals surface area (Å²) in [4.78, 5) is 0. The third kappa shape index (κ3) is 0.648. The predicted octanol–water partition coefficient (Wildman–Crippen LogP) is -0.107. The molecule has 3 heteroatoms. The number of rotatable bonds is 1. The molecule has 2 rings (SSSR count). The molecule has 0 aromatic carbocycles. The van der Waals surface area contributed by atoms with Gasteiger partial charge in [0.2, 0.25) is 0 Å². The molecule has 1 saturated carbocycles. The lowest BCUT2D eigenvalue weighted by atomic mass is 9.62. The maximum atomic E-state index is 12.2. The fourth-order valence-corrected chi connectivity index (χ4v) is 2.29. The van der Waals surface area contributed by atoms with Crippen LogP contribution in [0.5, 0.6) is 0 Å². The van der Waals surface area contributed by atoms with Gasteiger partial charge in [0.25, 0.3) is 0 Å². The molecule has 1 saturated heterocycles. The highest BCUT2D eigenvalue weighted by Gasteiger charge is 2.53. The third-order valence-electron chi connectivity index (χ3n) is 2.97. The molecule has 2 aliphatic rings. The van der Waals surface area contributed by atoms with Gasteiger partial charge in [0.05, 0.1) is 6.67 Å². The van der Waals surface area contributed by atoms with Crippen molar-refractivity contribution in [1.82, 2.24) is 5.32 Å². The van der Waals surface area contributed by atoms with Gasteiger partial charge in [0.15, 0.2) is 0 Å². The van der Waals surface area contributed by atoms with Gasteiger partial charge in [-0.2, -0.15) is 0 Å². The minimum Gasteiger partial charge on any atom is -0.324 e. The zero-order chi connectivity index (χ0) is 7.19. The first kappa shape index (κ1) is 6.55. The van der Waals surface area contributed by atoms with Crippen molar-refractivity contribution >= 4 is 0 Å². The van der Waals surface area contributed by atoms with E-state index < -0.39 is 0 Å². The first-order valence-corrected chi connectivity index (χ1v) is 3.82. The van der Waals surface area contributed by atoms with Gasteiger partial charge in [-0.15, -0.1) is 0 Å². The zero-order valence-corrected chi connectivity index (χ0v) is 5.94. The monoisotopic (exact) mass is 144 g/mol.